The number of likely N-dealkylation sites (tertiary alicyclic amines) is 1. The first-order valence-electron chi connectivity index (χ1n) is 9.69. The van der Waals surface area contributed by atoms with Crippen LogP contribution in [0.5, 0.6) is 0 Å². The van der Waals surface area contributed by atoms with Crippen LogP contribution in [0.1, 0.15) is 37.3 Å². The number of amides is 1. The van der Waals surface area contributed by atoms with Crippen molar-refractivity contribution in [1.82, 2.24) is 4.90 Å². The van der Waals surface area contributed by atoms with Gasteiger partial charge < -0.3 is 14.7 Å². The van der Waals surface area contributed by atoms with E-state index in [1.54, 1.807) is 4.90 Å². The number of hydrogen-bond donors (Lipinski definition) is 1. The topological polar surface area (TPSA) is 49.8 Å². The maximum absolute atomic E-state index is 12.8. The van der Waals surface area contributed by atoms with Gasteiger partial charge in [0, 0.05) is 31.5 Å². The summed E-state index contributed by atoms with van der Waals surface area (Å²) >= 11 is 0. The van der Waals surface area contributed by atoms with Gasteiger partial charge >= 0.3 is 6.09 Å². The molecule has 1 fully saturated rings. The van der Waals surface area contributed by atoms with Crippen LogP contribution in [0.4, 0.5) is 4.79 Å². The van der Waals surface area contributed by atoms with Gasteiger partial charge in [0.2, 0.25) is 0 Å². The summed E-state index contributed by atoms with van der Waals surface area (Å²) < 4.78 is 5.77. The number of rotatable bonds is 3. The Balaban J connectivity index is 1.50. The molecule has 0 radical (unpaired) electrons. The van der Waals surface area contributed by atoms with Crippen molar-refractivity contribution in [2.45, 2.75) is 26.2 Å². The normalized spacial score (nSPS) is 20.9. The van der Waals surface area contributed by atoms with Gasteiger partial charge in [-0.2, -0.15) is 0 Å². The summed E-state index contributed by atoms with van der Waals surface area (Å²) in [7, 11) is 0. The first kappa shape index (κ1) is 18.1. The molecule has 1 amide bonds. The second-order valence-corrected chi connectivity index (χ2v) is 8.60. The molecule has 0 saturated carbocycles. The average molecular weight is 365 g/mol. The largest absolute Gasteiger partial charge is 0.448 e. The van der Waals surface area contributed by atoms with Crippen molar-refractivity contribution >= 4 is 6.09 Å². The molecule has 142 valence electrons. The lowest BCUT2D eigenvalue weighted by molar-refractivity contribution is 0.0295. The molecule has 0 aromatic heterocycles. The van der Waals surface area contributed by atoms with Crippen molar-refractivity contribution in [3.8, 4) is 11.1 Å². The van der Waals surface area contributed by atoms with Crippen LogP contribution in [0.2, 0.25) is 0 Å². The standard InChI is InChI=1S/C23H27NO3/c1-23(2)11-16(13-25)12-24(15-23)22(26)27-14-21-19-9-5-3-7-17(19)18-8-4-6-10-20(18)21/h3-10,16,21,25H,11-15H2,1-2H3. The van der Waals surface area contributed by atoms with Crippen molar-refractivity contribution in [3.05, 3.63) is 59.7 Å². The molecule has 1 saturated heterocycles. The molecule has 4 rings (SSSR count). The molecular formula is C23H27NO3. The van der Waals surface area contributed by atoms with E-state index in [0.717, 1.165) is 6.42 Å². The highest BCUT2D eigenvalue weighted by atomic mass is 16.6. The molecule has 0 bridgehead atoms. The van der Waals surface area contributed by atoms with E-state index in [0.29, 0.717) is 19.7 Å². The Morgan fingerprint density at radius 1 is 1.11 bits per heavy atom. The van der Waals surface area contributed by atoms with Crippen LogP contribution >= 0.6 is 0 Å². The first-order chi connectivity index (χ1) is 13.0. The van der Waals surface area contributed by atoms with Gasteiger partial charge in [0.05, 0.1) is 0 Å². The SMILES string of the molecule is CC1(C)CC(CO)CN(C(=O)OCC2c3ccccc3-c3ccccc32)C1. The van der Waals surface area contributed by atoms with E-state index in [-0.39, 0.29) is 30.0 Å². The minimum atomic E-state index is -0.275. The summed E-state index contributed by atoms with van der Waals surface area (Å²) in [6.07, 6.45) is 0.652. The molecule has 2 aromatic rings. The quantitative estimate of drug-likeness (QED) is 0.883. The lowest BCUT2D eigenvalue weighted by Crippen LogP contribution is -2.48. The monoisotopic (exact) mass is 365 g/mol. The van der Waals surface area contributed by atoms with E-state index >= 15 is 0 Å². The van der Waals surface area contributed by atoms with Crippen LogP contribution < -0.4 is 0 Å². The van der Waals surface area contributed by atoms with Gasteiger partial charge in [0.15, 0.2) is 0 Å². The van der Waals surface area contributed by atoms with Crippen molar-refractivity contribution in [2.75, 3.05) is 26.3 Å². The Bertz CT molecular complexity index is 800. The van der Waals surface area contributed by atoms with E-state index < -0.39 is 0 Å². The molecular weight excluding hydrogens is 338 g/mol. The van der Waals surface area contributed by atoms with Crippen LogP contribution in [-0.2, 0) is 4.74 Å². The van der Waals surface area contributed by atoms with Crippen molar-refractivity contribution in [2.24, 2.45) is 11.3 Å². The molecule has 2 aliphatic rings. The maximum atomic E-state index is 12.8. The Hall–Kier alpha value is -2.33. The first-order valence-corrected chi connectivity index (χ1v) is 9.69. The van der Waals surface area contributed by atoms with E-state index in [2.05, 4.69) is 50.2 Å². The van der Waals surface area contributed by atoms with Crippen LogP contribution in [0.3, 0.4) is 0 Å². The van der Waals surface area contributed by atoms with Crippen LogP contribution in [-0.4, -0.2) is 42.4 Å². The fourth-order valence-electron chi connectivity index (χ4n) is 4.75. The van der Waals surface area contributed by atoms with Crippen molar-refractivity contribution < 1.29 is 14.6 Å². The smallest absolute Gasteiger partial charge is 0.409 e. The number of ether oxygens (including phenoxy) is 1. The zero-order chi connectivity index (χ0) is 19.0. The molecule has 4 heteroatoms. The Morgan fingerprint density at radius 2 is 1.70 bits per heavy atom. The number of nitrogens with zero attached hydrogens (tertiary/aromatic N) is 1. The highest BCUT2D eigenvalue weighted by Gasteiger charge is 2.36. The molecule has 1 aliphatic heterocycles. The maximum Gasteiger partial charge on any atom is 0.409 e. The lowest BCUT2D eigenvalue weighted by atomic mass is 9.79. The van der Waals surface area contributed by atoms with Gasteiger partial charge in [-0.15, -0.1) is 0 Å². The molecule has 1 unspecified atom stereocenters. The highest BCUT2D eigenvalue weighted by Crippen LogP contribution is 2.44. The van der Waals surface area contributed by atoms with Crippen LogP contribution in [0.25, 0.3) is 11.1 Å². The molecule has 4 nitrogen and oxygen atoms in total. The summed E-state index contributed by atoms with van der Waals surface area (Å²) in [6, 6.07) is 16.7. The molecule has 0 spiro atoms. The number of carbonyl (C=O) groups is 1. The Kier molecular flexibility index (Phi) is 4.68. The molecule has 27 heavy (non-hydrogen) atoms. The number of aliphatic hydroxyl groups excluding tert-OH is 1. The Labute approximate surface area is 160 Å². The Morgan fingerprint density at radius 3 is 2.30 bits per heavy atom. The number of fused-ring (bicyclic) bond motifs is 3. The number of piperidine rings is 1. The summed E-state index contributed by atoms with van der Waals surface area (Å²) in [5.41, 5.74) is 4.90. The predicted octanol–water partition coefficient (Wildman–Crippen LogP) is 4.28. The fraction of sp³-hybridized carbons (Fsp3) is 0.435. The zero-order valence-electron chi connectivity index (χ0n) is 16.0. The third-order valence-electron chi connectivity index (χ3n) is 5.79. The van der Waals surface area contributed by atoms with Gasteiger partial charge in [-0.05, 0) is 34.1 Å². The van der Waals surface area contributed by atoms with Gasteiger partial charge in [-0.25, -0.2) is 4.79 Å². The van der Waals surface area contributed by atoms with E-state index in [1.165, 1.54) is 22.3 Å². The third-order valence-corrected chi connectivity index (χ3v) is 5.79. The van der Waals surface area contributed by atoms with Crippen molar-refractivity contribution in [3.63, 3.8) is 0 Å². The van der Waals surface area contributed by atoms with Crippen molar-refractivity contribution in [1.29, 1.82) is 0 Å². The van der Waals surface area contributed by atoms with Gasteiger partial charge in [-0.1, -0.05) is 62.4 Å². The number of carbonyl (C=O) groups excluding carboxylic acids is 1. The number of benzene rings is 2. The average Bonchev–Trinajstić information content (AvgIpc) is 2.98. The predicted molar refractivity (Wildman–Crippen MR) is 106 cm³/mol. The van der Waals surface area contributed by atoms with Gasteiger partial charge in [0.1, 0.15) is 6.61 Å². The number of aliphatic hydroxyl groups is 1. The zero-order valence-corrected chi connectivity index (χ0v) is 16.0. The minimum absolute atomic E-state index is 0.00275. The summed E-state index contributed by atoms with van der Waals surface area (Å²) in [6.45, 7) is 5.96. The molecule has 1 N–H and O–H groups in total. The molecule has 2 aromatic carbocycles. The van der Waals surface area contributed by atoms with E-state index in [1.807, 2.05) is 12.1 Å². The van der Waals surface area contributed by atoms with E-state index in [4.69, 9.17) is 4.74 Å². The van der Waals surface area contributed by atoms with Crippen LogP contribution in [0, 0.1) is 11.3 Å². The van der Waals surface area contributed by atoms with Crippen LogP contribution in [0.15, 0.2) is 48.5 Å². The molecule has 1 atom stereocenters. The van der Waals surface area contributed by atoms with Gasteiger partial charge in [-0.3, -0.25) is 0 Å². The number of hydrogen-bond acceptors (Lipinski definition) is 3. The van der Waals surface area contributed by atoms with Gasteiger partial charge in [0.25, 0.3) is 0 Å². The lowest BCUT2D eigenvalue weighted by Gasteiger charge is -2.41. The second kappa shape index (κ2) is 7.01. The summed E-state index contributed by atoms with van der Waals surface area (Å²) in [5.74, 6) is 0.196. The molecule has 1 aliphatic carbocycles. The minimum Gasteiger partial charge on any atom is -0.448 e. The second-order valence-electron chi connectivity index (χ2n) is 8.60. The van der Waals surface area contributed by atoms with E-state index in [9.17, 15) is 9.90 Å². The molecule has 1 heterocycles. The fourth-order valence-corrected chi connectivity index (χ4v) is 4.75. The summed E-state index contributed by atoms with van der Waals surface area (Å²) in [4.78, 5) is 14.5. The highest BCUT2D eigenvalue weighted by molar-refractivity contribution is 5.79. The summed E-state index contributed by atoms with van der Waals surface area (Å²) in [5, 5.41) is 9.57. The third kappa shape index (κ3) is 3.46.